The fraction of sp³-hybridized carbons (Fsp3) is 1.00. The Balaban J connectivity index is 0.00000149. The molecule has 138 valence electrons. The number of hydrogen-bond donors (Lipinski definition) is 0. The molecule has 0 amide bonds. The van der Waals surface area contributed by atoms with Crippen molar-refractivity contribution in [1.29, 1.82) is 0 Å². The molecule has 0 saturated carbocycles. The Bertz CT molecular complexity index is 507. The molecule has 0 aromatic carbocycles. The van der Waals surface area contributed by atoms with Crippen molar-refractivity contribution in [3.63, 3.8) is 0 Å². The molecule has 1 aliphatic rings. The van der Waals surface area contributed by atoms with Gasteiger partial charge in [0.2, 0.25) is 0 Å². The van der Waals surface area contributed by atoms with E-state index < -0.39 is 71.9 Å². The Hall–Kier alpha value is -0.770. The van der Waals surface area contributed by atoms with Crippen LogP contribution in [0, 0.1) is 0 Å². The SMILES string of the molecule is O=S(=O)(F)C(F)(F)COCC1OC1COC(F)(F)CF.O=S=O. The first-order valence-corrected chi connectivity index (χ1v) is 7.50. The van der Waals surface area contributed by atoms with Crippen LogP contribution >= 0.6 is 0 Å². The van der Waals surface area contributed by atoms with Gasteiger partial charge >= 0.3 is 33.2 Å². The second kappa shape index (κ2) is 8.91. The highest BCUT2D eigenvalue weighted by Crippen LogP contribution is 2.28. The van der Waals surface area contributed by atoms with Gasteiger partial charge in [0.1, 0.15) is 18.8 Å². The summed E-state index contributed by atoms with van der Waals surface area (Å²) in [7, 11) is -6.09. The van der Waals surface area contributed by atoms with E-state index in [0.717, 1.165) is 0 Å². The summed E-state index contributed by atoms with van der Waals surface area (Å²) in [5.41, 5.74) is 0. The first-order valence-electron chi connectivity index (χ1n) is 5.45. The van der Waals surface area contributed by atoms with Crippen LogP contribution in [0.4, 0.5) is 25.8 Å². The van der Waals surface area contributed by atoms with Gasteiger partial charge in [-0.3, -0.25) is 0 Å². The molecule has 2 unspecified atom stereocenters. The summed E-state index contributed by atoms with van der Waals surface area (Å²) >= 11 is -0.750. The summed E-state index contributed by atoms with van der Waals surface area (Å²) in [5.74, 6) is 0. The molecule has 0 radical (unpaired) electrons. The first-order chi connectivity index (χ1) is 10.4. The molecule has 0 N–H and O–H groups in total. The second-order valence-corrected chi connectivity index (χ2v) is 5.56. The number of halogens is 6. The van der Waals surface area contributed by atoms with Gasteiger partial charge < -0.3 is 14.2 Å². The minimum atomic E-state index is -6.09. The molecular formula is C8H10F6O7S2. The topological polar surface area (TPSA) is 99.3 Å². The second-order valence-electron chi connectivity index (χ2n) is 3.95. The summed E-state index contributed by atoms with van der Waals surface area (Å²) in [6.07, 6.45) is -5.77. The first kappa shape index (κ1) is 22.2. The maximum Gasteiger partial charge on any atom is 0.396 e. The molecule has 0 aromatic rings. The maximum atomic E-state index is 12.6. The van der Waals surface area contributed by atoms with Gasteiger partial charge in [-0.25, -0.2) is 4.39 Å². The van der Waals surface area contributed by atoms with Crippen LogP contribution in [0.5, 0.6) is 0 Å². The summed E-state index contributed by atoms with van der Waals surface area (Å²) in [6.45, 7) is -5.02. The molecular weight excluding hydrogens is 386 g/mol. The van der Waals surface area contributed by atoms with Crippen molar-refractivity contribution in [3.05, 3.63) is 0 Å². The van der Waals surface area contributed by atoms with E-state index in [4.69, 9.17) is 8.42 Å². The lowest BCUT2D eigenvalue weighted by Gasteiger charge is -2.12. The van der Waals surface area contributed by atoms with Crippen molar-refractivity contribution in [2.45, 2.75) is 23.6 Å². The van der Waals surface area contributed by atoms with E-state index in [0.29, 0.717) is 0 Å². The molecule has 1 rings (SSSR count). The third-order valence-corrected chi connectivity index (χ3v) is 3.04. The van der Waals surface area contributed by atoms with Crippen molar-refractivity contribution in [2.24, 2.45) is 0 Å². The molecule has 7 nitrogen and oxygen atoms in total. The molecule has 0 bridgehead atoms. The van der Waals surface area contributed by atoms with Crippen LogP contribution in [0.3, 0.4) is 0 Å². The highest BCUT2D eigenvalue weighted by atomic mass is 32.3. The van der Waals surface area contributed by atoms with Crippen molar-refractivity contribution >= 4 is 21.8 Å². The predicted molar refractivity (Wildman–Crippen MR) is 60.2 cm³/mol. The normalized spacial score (nSPS) is 21.3. The lowest BCUT2D eigenvalue weighted by atomic mass is 10.3. The van der Waals surface area contributed by atoms with E-state index in [1.807, 2.05) is 0 Å². The van der Waals surface area contributed by atoms with E-state index >= 15 is 0 Å². The van der Waals surface area contributed by atoms with E-state index in [-0.39, 0.29) is 0 Å². The molecule has 0 spiro atoms. The van der Waals surface area contributed by atoms with Crippen LogP contribution in [0.1, 0.15) is 0 Å². The van der Waals surface area contributed by atoms with E-state index in [9.17, 15) is 34.3 Å². The summed E-state index contributed by atoms with van der Waals surface area (Å²) in [4.78, 5) is 0. The minimum absolute atomic E-state index is 0.569. The fourth-order valence-electron chi connectivity index (χ4n) is 1.08. The van der Waals surface area contributed by atoms with Crippen molar-refractivity contribution in [1.82, 2.24) is 0 Å². The van der Waals surface area contributed by atoms with Crippen LogP contribution in [0.2, 0.25) is 0 Å². The molecule has 1 fully saturated rings. The number of rotatable bonds is 9. The van der Waals surface area contributed by atoms with Crippen LogP contribution in [0.15, 0.2) is 0 Å². The number of ether oxygens (including phenoxy) is 3. The molecule has 0 aromatic heterocycles. The minimum Gasteiger partial charge on any atom is -0.371 e. The molecule has 15 heteroatoms. The highest BCUT2D eigenvalue weighted by molar-refractivity contribution is 7.87. The van der Waals surface area contributed by atoms with Crippen molar-refractivity contribution in [3.8, 4) is 0 Å². The maximum absolute atomic E-state index is 12.6. The van der Waals surface area contributed by atoms with Crippen molar-refractivity contribution < 1.29 is 56.9 Å². The zero-order valence-corrected chi connectivity index (χ0v) is 12.6. The van der Waals surface area contributed by atoms with Crippen molar-refractivity contribution in [2.75, 3.05) is 26.5 Å². The smallest absolute Gasteiger partial charge is 0.371 e. The number of epoxide rings is 1. The third-order valence-electron chi connectivity index (χ3n) is 2.21. The van der Waals surface area contributed by atoms with Gasteiger partial charge in [-0.05, 0) is 0 Å². The van der Waals surface area contributed by atoms with Crippen LogP contribution in [-0.4, -0.2) is 66.9 Å². The Morgan fingerprint density at radius 1 is 1.09 bits per heavy atom. The molecule has 1 aliphatic heterocycles. The lowest BCUT2D eigenvalue weighted by Crippen LogP contribution is -2.32. The van der Waals surface area contributed by atoms with E-state index in [1.165, 1.54) is 0 Å². The summed E-state index contributed by atoms with van der Waals surface area (Å²) < 4.78 is 123. The zero-order valence-electron chi connectivity index (χ0n) is 10.9. The van der Waals surface area contributed by atoms with Crippen LogP contribution < -0.4 is 0 Å². The molecule has 23 heavy (non-hydrogen) atoms. The average molecular weight is 396 g/mol. The van der Waals surface area contributed by atoms with Gasteiger partial charge in [0.15, 0.2) is 6.67 Å². The summed E-state index contributed by atoms with van der Waals surface area (Å²) in [5, 5.41) is -4.70. The van der Waals surface area contributed by atoms with Gasteiger partial charge in [-0.15, -0.1) is 0 Å². The quantitative estimate of drug-likeness (QED) is 0.319. The largest absolute Gasteiger partial charge is 0.396 e. The lowest BCUT2D eigenvalue weighted by molar-refractivity contribution is -0.247. The van der Waals surface area contributed by atoms with Crippen LogP contribution in [-0.2, 0) is 36.0 Å². The summed E-state index contributed by atoms with van der Waals surface area (Å²) in [6, 6.07) is 0. The third kappa shape index (κ3) is 8.59. The Morgan fingerprint density at radius 2 is 1.57 bits per heavy atom. The Labute approximate surface area is 129 Å². The van der Waals surface area contributed by atoms with Gasteiger partial charge in [0, 0.05) is 0 Å². The predicted octanol–water partition coefficient (Wildman–Crippen LogP) is 0.571. The average Bonchev–Trinajstić information content (AvgIpc) is 3.15. The number of alkyl halides is 5. The van der Waals surface area contributed by atoms with E-state index in [2.05, 4.69) is 14.2 Å². The highest BCUT2D eigenvalue weighted by Gasteiger charge is 2.47. The number of hydrogen-bond acceptors (Lipinski definition) is 7. The molecule has 1 saturated heterocycles. The monoisotopic (exact) mass is 396 g/mol. The van der Waals surface area contributed by atoms with Gasteiger partial charge in [0.05, 0.1) is 13.2 Å². The standard InChI is InChI=1S/C8H10F6O5S.O2S/c9-3-7(10,11)18-2-6-5(19-6)1-17-4-8(12,13)20(14,15)16;1-3-2/h5-6H,1-4H2;. The van der Waals surface area contributed by atoms with Gasteiger partial charge in [-0.1, -0.05) is 3.89 Å². The fourth-order valence-corrected chi connectivity index (χ4v) is 1.30. The molecule has 2 atom stereocenters. The van der Waals surface area contributed by atoms with Gasteiger partial charge in [0.25, 0.3) is 0 Å². The Morgan fingerprint density at radius 3 is 2.00 bits per heavy atom. The molecule has 0 aliphatic carbocycles. The van der Waals surface area contributed by atoms with Gasteiger partial charge in [-0.2, -0.15) is 34.4 Å². The zero-order chi connectivity index (χ0) is 18.3. The van der Waals surface area contributed by atoms with Crippen LogP contribution in [0.25, 0.3) is 0 Å². The van der Waals surface area contributed by atoms with E-state index in [1.54, 1.807) is 0 Å². The molecule has 1 heterocycles. The Kier molecular flexibility index (Phi) is 8.61.